The first kappa shape index (κ1) is 11.4. The van der Waals surface area contributed by atoms with E-state index in [2.05, 4.69) is 19.7 Å². The van der Waals surface area contributed by atoms with Crippen LogP contribution < -0.4 is 0 Å². The number of pyridine rings is 2. The topological polar surface area (TPSA) is 67.9 Å². The van der Waals surface area contributed by atoms with Gasteiger partial charge in [0.15, 0.2) is 5.65 Å². The molecule has 0 fully saturated rings. The number of esters is 1. The van der Waals surface area contributed by atoms with E-state index in [-0.39, 0.29) is 0 Å². The molecule has 0 saturated carbocycles. The number of aromatic amines is 1. The van der Waals surface area contributed by atoms with Crippen LogP contribution in [-0.4, -0.2) is 28.0 Å². The first-order valence-electron chi connectivity index (χ1n) is 5.77. The molecule has 5 nitrogen and oxygen atoms in total. The fraction of sp³-hybridized carbons (Fsp3) is 0.0714. The molecule has 0 aliphatic heterocycles. The van der Waals surface area contributed by atoms with Crippen LogP contribution >= 0.6 is 0 Å². The highest BCUT2D eigenvalue weighted by Crippen LogP contribution is 2.21. The lowest BCUT2D eigenvalue weighted by Crippen LogP contribution is -2.00. The van der Waals surface area contributed by atoms with Crippen molar-refractivity contribution in [2.45, 2.75) is 0 Å². The smallest absolute Gasteiger partial charge is 0.354 e. The van der Waals surface area contributed by atoms with E-state index in [1.165, 1.54) is 7.11 Å². The monoisotopic (exact) mass is 253 g/mol. The lowest BCUT2D eigenvalue weighted by molar-refractivity contribution is 0.0595. The molecule has 1 N–H and O–H groups in total. The van der Waals surface area contributed by atoms with Gasteiger partial charge in [-0.15, -0.1) is 0 Å². The molecule has 3 aromatic heterocycles. The van der Waals surface area contributed by atoms with Crippen molar-refractivity contribution >= 4 is 17.0 Å². The minimum Gasteiger partial charge on any atom is -0.464 e. The molecule has 0 saturated heterocycles. The Kier molecular flexibility index (Phi) is 2.72. The number of H-pyrrole nitrogens is 1. The van der Waals surface area contributed by atoms with Crippen molar-refractivity contribution < 1.29 is 9.53 Å². The van der Waals surface area contributed by atoms with Gasteiger partial charge in [0.1, 0.15) is 5.69 Å². The van der Waals surface area contributed by atoms with Gasteiger partial charge in [-0.2, -0.15) is 0 Å². The summed E-state index contributed by atoms with van der Waals surface area (Å²) in [5, 5.41) is 0.981. The molecule has 94 valence electrons. The lowest BCUT2D eigenvalue weighted by Gasteiger charge is -1.99. The number of nitrogens with one attached hydrogen (secondary N) is 1. The minimum atomic E-state index is -0.398. The Balaban J connectivity index is 2.04. The lowest BCUT2D eigenvalue weighted by atomic mass is 10.2. The minimum absolute atomic E-state index is 0.398. The molecule has 3 rings (SSSR count). The predicted octanol–water partition coefficient (Wildman–Crippen LogP) is 2.41. The molecule has 0 bridgehead atoms. The first-order chi connectivity index (χ1) is 9.28. The molecule has 0 unspecified atom stereocenters. The van der Waals surface area contributed by atoms with E-state index < -0.39 is 5.97 Å². The van der Waals surface area contributed by atoms with E-state index in [0.717, 1.165) is 16.6 Å². The number of hydrogen-bond acceptors (Lipinski definition) is 4. The highest BCUT2D eigenvalue weighted by atomic mass is 16.5. The Morgan fingerprint density at radius 2 is 2.21 bits per heavy atom. The van der Waals surface area contributed by atoms with Crippen LogP contribution in [-0.2, 0) is 4.74 Å². The molecule has 0 radical (unpaired) electrons. The maximum absolute atomic E-state index is 11.4. The first-order valence-corrected chi connectivity index (χ1v) is 5.77. The van der Waals surface area contributed by atoms with Crippen molar-refractivity contribution in [3.63, 3.8) is 0 Å². The van der Waals surface area contributed by atoms with Crippen LogP contribution in [0, 0.1) is 0 Å². The summed E-state index contributed by atoms with van der Waals surface area (Å²) in [6.07, 6.45) is 3.43. The Bertz CT molecular complexity index is 749. The summed E-state index contributed by atoms with van der Waals surface area (Å²) in [6.45, 7) is 0. The number of ether oxygens (including phenoxy) is 1. The van der Waals surface area contributed by atoms with Gasteiger partial charge in [0.2, 0.25) is 0 Å². The van der Waals surface area contributed by atoms with Gasteiger partial charge in [-0.25, -0.2) is 14.8 Å². The zero-order valence-electron chi connectivity index (χ0n) is 10.3. The standard InChI is InChI=1S/C14H11N3O2/c1-19-14(18)12-7-10(8-16-12)11-5-4-9-3-2-6-15-13(9)17-11/h2-8,16H,1H3. The number of hydrogen-bond donors (Lipinski definition) is 1. The van der Waals surface area contributed by atoms with Crippen LogP contribution in [0.25, 0.3) is 22.3 Å². The Labute approximate surface area is 109 Å². The van der Waals surface area contributed by atoms with E-state index in [0.29, 0.717) is 11.3 Å². The maximum Gasteiger partial charge on any atom is 0.354 e. The summed E-state index contributed by atoms with van der Waals surface area (Å²) in [6, 6.07) is 9.39. The molecule has 3 aromatic rings. The van der Waals surface area contributed by atoms with Gasteiger partial charge in [-0.3, -0.25) is 0 Å². The van der Waals surface area contributed by atoms with Crippen LogP contribution in [0.2, 0.25) is 0 Å². The third-order valence-electron chi connectivity index (χ3n) is 2.85. The molecular formula is C14H11N3O2. The summed E-state index contributed by atoms with van der Waals surface area (Å²) in [7, 11) is 1.35. The van der Waals surface area contributed by atoms with E-state index in [9.17, 15) is 4.79 Å². The number of carbonyl (C=O) groups excluding carboxylic acids is 1. The Hall–Kier alpha value is -2.69. The molecule has 3 heterocycles. The van der Waals surface area contributed by atoms with Crippen molar-refractivity contribution in [2.24, 2.45) is 0 Å². The second-order valence-electron chi connectivity index (χ2n) is 4.04. The molecule has 0 aromatic carbocycles. The molecule has 0 spiro atoms. The third-order valence-corrected chi connectivity index (χ3v) is 2.85. The highest BCUT2D eigenvalue weighted by Gasteiger charge is 2.10. The van der Waals surface area contributed by atoms with Crippen LogP contribution in [0.1, 0.15) is 10.5 Å². The molecule has 0 atom stereocenters. The quantitative estimate of drug-likeness (QED) is 0.712. The van der Waals surface area contributed by atoms with E-state index in [1.54, 1.807) is 18.5 Å². The summed E-state index contributed by atoms with van der Waals surface area (Å²) >= 11 is 0. The molecule has 19 heavy (non-hydrogen) atoms. The van der Waals surface area contributed by atoms with Gasteiger partial charge in [0, 0.05) is 23.3 Å². The zero-order chi connectivity index (χ0) is 13.2. The van der Waals surface area contributed by atoms with E-state index in [4.69, 9.17) is 0 Å². The molecule has 5 heteroatoms. The van der Waals surface area contributed by atoms with Crippen LogP contribution in [0.15, 0.2) is 42.7 Å². The average molecular weight is 253 g/mol. The van der Waals surface area contributed by atoms with Gasteiger partial charge >= 0.3 is 5.97 Å². The van der Waals surface area contributed by atoms with Gasteiger partial charge in [-0.1, -0.05) is 0 Å². The van der Waals surface area contributed by atoms with Crippen LogP contribution in [0.3, 0.4) is 0 Å². The largest absolute Gasteiger partial charge is 0.464 e. The van der Waals surface area contributed by atoms with Crippen LogP contribution in [0.4, 0.5) is 0 Å². The summed E-state index contributed by atoms with van der Waals surface area (Å²) in [5.74, 6) is -0.398. The summed E-state index contributed by atoms with van der Waals surface area (Å²) in [4.78, 5) is 22.9. The molecule has 0 aliphatic rings. The van der Waals surface area contributed by atoms with Gasteiger partial charge < -0.3 is 9.72 Å². The SMILES string of the molecule is COC(=O)c1cc(-c2ccc3cccnc3n2)c[nH]1. The number of methoxy groups -OCH3 is 1. The summed E-state index contributed by atoms with van der Waals surface area (Å²) < 4.78 is 4.65. The Morgan fingerprint density at radius 3 is 3.05 bits per heavy atom. The summed E-state index contributed by atoms with van der Waals surface area (Å²) in [5.41, 5.74) is 2.67. The maximum atomic E-state index is 11.4. The van der Waals surface area contributed by atoms with Crippen molar-refractivity contribution in [3.05, 3.63) is 48.4 Å². The number of nitrogens with zero attached hydrogens (tertiary/aromatic N) is 2. The van der Waals surface area contributed by atoms with Gasteiger partial charge in [0.25, 0.3) is 0 Å². The number of aromatic nitrogens is 3. The predicted molar refractivity (Wildman–Crippen MR) is 70.7 cm³/mol. The van der Waals surface area contributed by atoms with Gasteiger partial charge in [0.05, 0.1) is 12.8 Å². The van der Waals surface area contributed by atoms with E-state index in [1.807, 2.05) is 24.3 Å². The highest BCUT2D eigenvalue weighted by molar-refractivity contribution is 5.89. The normalized spacial score (nSPS) is 10.6. The Morgan fingerprint density at radius 1 is 1.32 bits per heavy atom. The fourth-order valence-electron chi connectivity index (χ4n) is 1.88. The number of rotatable bonds is 2. The second kappa shape index (κ2) is 4.53. The van der Waals surface area contributed by atoms with Gasteiger partial charge in [-0.05, 0) is 30.3 Å². The number of fused-ring (bicyclic) bond motifs is 1. The molecule has 0 amide bonds. The molecular weight excluding hydrogens is 242 g/mol. The van der Waals surface area contributed by atoms with Crippen molar-refractivity contribution in [3.8, 4) is 11.3 Å². The average Bonchev–Trinajstić information content (AvgIpc) is 2.95. The number of carbonyl (C=O) groups is 1. The van der Waals surface area contributed by atoms with Crippen molar-refractivity contribution in [2.75, 3.05) is 7.11 Å². The third kappa shape index (κ3) is 2.06. The van der Waals surface area contributed by atoms with Crippen molar-refractivity contribution in [1.29, 1.82) is 0 Å². The zero-order valence-corrected chi connectivity index (χ0v) is 10.3. The fourth-order valence-corrected chi connectivity index (χ4v) is 1.88. The second-order valence-corrected chi connectivity index (χ2v) is 4.04. The van der Waals surface area contributed by atoms with E-state index >= 15 is 0 Å². The van der Waals surface area contributed by atoms with Crippen molar-refractivity contribution in [1.82, 2.24) is 15.0 Å². The molecule has 0 aliphatic carbocycles. The van der Waals surface area contributed by atoms with Crippen LogP contribution in [0.5, 0.6) is 0 Å².